The van der Waals surface area contributed by atoms with Gasteiger partial charge < -0.3 is 14.6 Å². The summed E-state index contributed by atoms with van der Waals surface area (Å²) in [5.74, 6) is 0. The topological polar surface area (TPSA) is 110 Å². The van der Waals surface area contributed by atoms with Crippen molar-refractivity contribution in [2.75, 3.05) is 0 Å². The van der Waals surface area contributed by atoms with Gasteiger partial charge in [-0.1, -0.05) is 0 Å². The molecule has 0 heterocycles. The molecule has 0 fully saturated rings. The minimum Gasteiger partial charge on any atom is -0.870 e. The smallest absolute Gasteiger partial charge is 0.870 e. The van der Waals surface area contributed by atoms with E-state index in [-0.39, 0.29) is 62.3 Å². The second-order valence-electron chi connectivity index (χ2n) is 0.408. The maximum Gasteiger partial charge on any atom is 2.00 e. The maximum absolute atomic E-state index is 8.52. The molecule has 0 unspecified atom stereocenters. The Morgan fingerprint density at radius 2 is 1.12 bits per heavy atom. The van der Waals surface area contributed by atoms with E-state index in [1.165, 1.54) is 0 Å². The quantitative estimate of drug-likeness (QED) is 0.249. The normalized spacial score (nSPS) is 7.25. The Morgan fingerprint density at radius 3 is 1.12 bits per heavy atom. The summed E-state index contributed by atoms with van der Waals surface area (Å²) in [6.45, 7) is 0. The van der Waals surface area contributed by atoms with Crippen molar-refractivity contribution in [1.29, 1.82) is 0 Å². The first-order valence-corrected chi connectivity index (χ1v) is 2.00. The molecule has 8 heteroatoms. The Bertz CT molecular complexity index is 95.6. The molecule has 0 bridgehead atoms. The van der Waals surface area contributed by atoms with Crippen LogP contribution in [-0.4, -0.2) is 50.3 Å². The van der Waals surface area contributed by atoms with Gasteiger partial charge >= 0.3 is 56.9 Å². The second-order valence-corrected chi connectivity index (χ2v) is 1.22. The van der Waals surface area contributed by atoms with Crippen molar-refractivity contribution in [3.8, 4) is 0 Å². The molecule has 0 saturated heterocycles. The van der Waals surface area contributed by atoms with E-state index in [1.807, 2.05) is 0 Å². The number of hydrogen-bond donors (Lipinski definition) is 0. The van der Waals surface area contributed by atoms with Crippen molar-refractivity contribution in [2.24, 2.45) is 0 Å². The third-order valence-electron chi connectivity index (χ3n) is 0. The van der Waals surface area contributed by atoms with Gasteiger partial charge in [0.05, 0.1) is 0 Å². The van der Waals surface area contributed by atoms with Crippen molar-refractivity contribution in [3.05, 3.63) is 0 Å². The fraction of sp³-hybridized carbons (Fsp3) is 0. The monoisotopic (exact) mass is 344 g/mol. The van der Waals surface area contributed by atoms with E-state index in [4.69, 9.17) is 17.5 Å². The van der Waals surface area contributed by atoms with Gasteiger partial charge in [0.1, 0.15) is 0 Å². The zero-order chi connectivity index (χ0) is 4.50. The van der Waals surface area contributed by atoms with Crippen LogP contribution in [0.15, 0.2) is 0 Å². The molecule has 0 aliphatic carbocycles. The summed E-state index contributed by atoms with van der Waals surface area (Å²) in [7, 11) is -5.17. The van der Waals surface area contributed by atoms with E-state index in [1.54, 1.807) is 0 Å². The first kappa shape index (κ1) is 22.6. The summed E-state index contributed by atoms with van der Waals surface area (Å²) in [5, 5.41) is 0. The molecule has 0 aromatic carbocycles. The molecule has 5 nitrogen and oxygen atoms in total. The van der Waals surface area contributed by atoms with Crippen LogP contribution in [0.25, 0.3) is 0 Å². The van der Waals surface area contributed by atoms with Gasteiger partial charge in [-0.25, -0.2) is 0 Å². The van der Waals surface area contributed by atoms with Gasteiger partial charge in [0.25, 0.3) is 0 Å². The summed E-state index contributed by atoms with van der Waals surface area (Å²) in [6.07, 6.45) is 0. The van der Waals surface area contributed by atoms with E-state index < -0.39 is 10.4 Å². The average Bonchev–Trinajstić information content (AvgIpc) is 0.722. The van der Waals surface area contributed by atoms with Crippen molar-refractivity contribution in [2.45, 2.75) is 0 Å². The summed E-state index contributed by atoms with van der Waals surface area (Å²) in [6, 6.07) is 0. The van der Waals surface area contributed by atoms with E-state index in [2.05, 4.69) is 0 Å². The Labute approximate surface area is 89.2 Å². The van der Waals surface area contributed by atoms with Crippen molar-refractivity contribution >= 4 is 37.7 Å². The van der Waals surface area contributed by atoms with Gasteiger partial charge in [-0.2, -0.15) is 0 Å². The van der Waals surface area contributed by atoms with Gasteiger partial charge in [-0.15, -0.1) is 0 Å². The summed E-state index contributed by atoms with van der Waals surface area (Å²) >= 11 is 0. The first-order valence-electron chi connectivity index (χ1n) is 0.667. The maximum atomic E-state index is 8.52. The van der Waals surface area contributed by atoms with E-state index in [9.17, 15) is 0 Å². The Balaban J connectivity index is -0.0000000267. The van der Waals surface area contributed by atoms with Gasteiger partial charge in [-0.3, -0.25) is 8.42 Å². The first-order chi connectivity index (χ1) is 2.00. The Morgan fingerprint density at radius 1 is 1.12 bits per heavy atom. The fourth-order valence-electron chi connectivity index (χ4n) is 0. The van der Waals surface area contributed by atoms with Crippen LogP contribution in [-0.2, 0) is 10.4 Å². The standard InChI is InChI=1S/Na.H2O4S.H2O.Pb/c;1-5(2,3)4;;/h;(H2,1,2,3,4);1H2;/q+1;;;+2/p-3. The number of rotatable bonds is 0. The number of hydrogen-bond acceptors (Lipinski definition) is 5. The van der Waals surface area contributed by atoms with E-state index >= 15 is 0 Å². The summed E-state index contributed by atoms with van der Waals surface area (Å²) in [5.41, 5.74) is 0. The SMILES string of the molecule is O=S(=O)([O-])[O-].[Na+].[OH-].[Pb+2]. The molecular formula is HNaO5PbS. The van der Waals surface area contributed by atoms with Gasteiger partial charge in [0, 0.05) is 10.4 Å². The van der Waals surface area contributed by atoms with Crippen LogP contribution < -0.4 is 29.6 Å². The van der Waals surface area contributed by atoms with E-state index in [0.29, 0.717) is 0 Å². The molecule has 1 N–H and O–H groups in total. The third kappa shape index (κ3) is 115. The van der Waals surface area contributed by atoms with Crippen LogP contribution in [0.4, 0.5) is 0 Å². The summed E-state index contributed by atoms with van der Waals surface area (Å²) < 4.78 is 34.1. The molecule has 2 radical (unpaired) electrons. The molecular weight excluding hydrogens is 342 g/mol. The van der Waals surface area contributed by atoms with Crippen LogP contribution in [0.1, 0.15) is 0 Å². The fourth-order valence-corrected chi connectivity index (χ4v) is 0. The van der Waals surface area contributed by atoms with E-state index in [0.717, 1.165) is 0 Å². The van der Waals surface area contributed by atoms with Crippen LogP contribution in [0.3, 0.4) is 0 Å². The van der Waals surface area contributed by atoms with Crippen LogP contribution in [0.5, 0.6) is 0 Å². The van der Waals surface area contributed by atoms with Gasteiger partial charge in [0.2, 0.25) is 0 Å². The average molecular weight is 343 g/mol. The molecule has 0 amide bonds. The zero-order valence-electron chi connectivity index (χ0n) is 3.99. The molecule has 8 heavy (non-hydrogen) atoms. The van der Waals surface area contributed by atoms with Crippen LogP contribution >= 0.6 is 0 Å². The van der Waals surface area contributed by atoms with Crippen molar-refractivity contribution in [3.63, 3.8) is 0 Å². The molecule has 0 saturated carbocycles. The molecule has 0 aromatic heterocycles. The molecule has 0 aromatic rings. The van der Waals surface area contributed by atoms with Gasteiger partial charge in [-0.05, 0) is 0 Å². The summed E-state index contributed by atoms with van der Waals surface area (Å²) in [4.78, 5) is 0. The van der Waals surface area contributed by atoms with Crippen LogP contribution in [0, 0.1) is 0 Å². The second kappa shape index (κ2) is 8.75. The molecule has 0 atom stereocenters. The Hall–Kier alpha value is 1.75. The predicted octanol–water partition coefficient (Wildman–Crippen LogP) is -4.89. The molecule has 0 aliphatic heterocycles. The van der Waals surface area contributed by atoms with Crippen molar-refractivity contribution < 1.29 is 52.6 Å². The molecule has 0 aliphatic rings. The third-order valence-corrected chi connectivity index (χ3v) is 0. The zero-order valence-corrected chi connectivity index (χ0v) is 10.7. The predicted molar refractivity (Wildman–Crippen MR) is 18.2 cm³/mol. The van der Waals surface area contributed by atoms with Gasteiger partial charge in [0.15, 0.2) is 0 Å². The molecule has 0 rings (SSSR count). The van der Waals surface area contributed by atoms with Crippen LogP contribution in [0.2, 0.25) is 0 Å². The minimum absolute atomic E-state index is 0. The molecule has 0 spiro atoms. The largest absolute Gasteiger partial charge is 2.00 e. The van der Waals surface area contributed by atoms with Crippen molar-refractivity contribution in [1.82, 2.24) is 0 Å². The minimum atomic E-state index is -5.17. The molecule has 42 valence electrons. The Kier molecular flexibility index (Phi) is 24.7.